The molecule has 1 N–H and O–H groups in total. The molecule has 5 nitrogen and oxygen atoms in total. The van der Waals surface area contributed by atoms with E-state index in [0.29, 0.717) is 12.2 Å². The van der Waals surface area contributed by atoms with E-state index in [4.69, 9.17) is 14.2 Å². The highest BCUT2D eigenvalue weighted by Gasteiger charge is 2.37. The summed E-state index contributed by atoms with van der Waals surface area (Å²) >= 11 is 1.50. The van der Waals surface area contributed by atoms with Crippen molar-refractivity contribution in [1.29, 1.82) is 0 Å². The Bertz CT molecular complexity index is 772. The highest BCUT2D eigenvalue weighted by molar-refractivity contribution is 7.12. The molecule has 0 aliphatic carbocycles. The number of hydrogen-bond donors (Lipinski definition) is 1. The van der Waals surface area contributed by atoms with Crippen LogP contribution in [0.3, 0.4) is 0 Å². The van der Waals surface area contributed by atoms with Crippen LogP contribution in [-0.4, -0.2) is 33.3 Å². The predicted molar refractivity (Wildman–Crippen MR) is 90.6 cm³/mol. The Hall–Kier alpha value is -2.05. The predicted octanol–water partition coefficient (Wildman–Crippen LogP) is 1.87. The molecule has 0 saturated heterocycles. The van der Waals surface area contributed by atoms with Crippen LogP contribution in [0.25, 0.3) is 0 Å². The SMILES string of the molecule is COc1c2c(cc3c1[C@@H](CC(=O)c1cccs1)[NH+](C)CC3)OCO2. The minimum atomic E-state index is 0.0628. The standard InChI is InChI=1S/C18H19NO4S/c1-19-6-5-11-8-14-17(23-10-22-14)18(21-2)16(11)12(19)9-13(20)15-4-3-7-24-15/h3-4,7-8,12H,5-6,9-10H2,1-2H3/p+1/t12-/m1/s1. The van der Waals surface area contributed by atoms with Gasteiger partial charge in [-0.2, -0.15) is 0 Å². The Morgan fingerprint density at radius 2 is 2.33 bits per heavy atom. The number of carbonyl (C=O) groups excluding carboxylic acids is 1. The number of nitrogens with one attached hydrogen (secondary N) is 1. The Balaban J connectivity index is 1.75. The van der Waals surface area contributed by atoms with Crippen LogP contribution in [-0.2, 0) is 6.42 Å². The lowest BCUT2D eigenvalue weighted by Crippen LogP contribution is -3.10. The van der Waals surface area contributed by atoms with E-state index in [0.717, 1.165) is 34.9 Å². The fourth-order valence-electron chi connectivity index (χ4n) is 3.62. The summed E-state index contributed by atoms with van der Waals surface area (Å²) in [5.74, 6) is 2.32. The van der Waals surface area contributed by atoms with Crippen molar-refractivity contribution in [3.8, 4) is 17.2 Å². The topological polar surface area (TPSA) is 49.2 Å². The van der Waals surface area contributed by atoms with E-state index in [9.17, 15) is 4.79 Å². The van der Waals surface area contributed by atoms with Crippen molar-refractivity contribution in [2.75, 3.05) is 27.5 Å². The zero-order valence-electron chi connectivity index (χ0n) is 13.8. The molecular weight excluding hydrogens is 326 g/mol. The van der Waals surface area contributed by atoms with Gasteiger partial charge in [-0.1, -0.05) is 6.07 Å². The number of ether oxygens (including phenoxy) is 3. The number of carbonyl (C=O) groups is 1. The number of hydrogen-bond acceptors (Lipinski definition) is 5. The molecule has 2 aliphatic heterocycles. The van der Waals surface area contributed by atoms with Crippen molar-refractivity contribution >= 4 is 17.1 Å². The maximum Gasteiger partial charge on any atom is 0.231 e. The second kappa shape index (κ2) is 6.11. The fourth-order valence-corrected chi connectivity index (χ4v) is 4.30. The zero-order chi connectivity index (χ0) is 16.7. The first-order chi connectivity index (χ1) is 11.7. The van der Waals surface area contributed by atoms with Crippen LogP contribution in [0.15, 0.2) is 23.6 Å². The summed E-state index contributed by atoms with van der Waals surface area (Å²) in [5.41, 5.74) is 2.29. The Labute approximate surface area is 144 Å². The van der Waals surface area contributed by atoms with Gasteiger partial charge in [0.05, 0.1) is 37.6 Å². The average molecular weight is 346 g/mol. The first-order valence-corrected chi connectivity index (χ1v) is 8.95. The quantitative estimate of drug-likeness (QED) is 0.859. The molecule has 0 amide bonds. The normalized spacial score (nSPS) is 21.4. The Morgan fingerprint density at radius 3 is 3.08 bits per heavy atom. The number of likely N-dealkylation sites (N-methyl/N-ethyl adjacent to an activating group) is 1. The second-order valence-electron chi connectivity index (χ2n) is 6.22. The molecule has 0 radical (unpaired) electrons. The summed E-state index contributed by atoms with van der Waals surface area (Å²) in [6.07, 6.45) is 1.41. The number of rotatable bonds is 4. The summed E-state index contributed by atoms with van der Waals surface area (Å²) in [7, 11) is 3.79. The Kier molecular flexibility index (Phi) is 3.94. The third-order valence-electron chi connectivity index (χ3n) is 4.87. The minimum Gasteiger partial charge on any atom is -0.492 e. The summed E-state index contributed by atoms with van der Waals surface area (Å²) in [6.45, 7) is 1.20. The molecule has 24 heavy (non-hydrogen) atoms. The molecule has 0 saturated carbocycles. The van der Waals surface area contributed by atoms with Gasteiger partial charge in [-0.15, -0.1) is 11.3 Å². The monoisotopic (exact) mass is 346 g/mol. The average Bonchev–Trinajstić information content (AvgIpc) is 3.26. The van der Waals surface area contributed by atoms with Gasteiger partial charge < -0.3 is 19.1 Å². The van der Waals surface area contributed by atoms with Gasteiger partial charge in [0.25, 0.3) is 0 Å². The number of quaternary nitrogens is 1. The molecule has 2 aliphatic rings. The lowest BCUT2D eigenvalue weighted by atomic mass is 9.88. The van der Waals surface area contributed by atoms with Crippen molar-refractivity contribution in [2.45, 2.75) is 18.9 Å². The molecule has 1 aromatic carbocycles. The molecule has 1 aromatic heterocycles. The molecule has 1 unspecified atom stereocenters. The molecule has 126 valence electrons. The number of benzene rings is 1. The van der Waals surface area contributed by atoms with Crippen molar-refractivity contribution in [3.63, 3.8) is 0 Å². The molecule has 2 aromatic rings. The van der Waals surface area contributed by atoms with Crippen LogP contribution in [0.4, 0.5) is 0 Å². The first-order valence-electron chi connectivity index (χ1n) is 8.07. The lowest BCUT2D eigenvalue weighted by molar-refractivity contribution is -0.913. The van der Waals surface area contributed by atoms with Gasteiger partial charge in [0, 0.05) is 6.42 Å². The number of ketones is 1. The van der Waals surface area contributed by atoms with E-state index >= 15 is 0 Å². The zero-order valence-corrected chi connectivity index (χ0v) is 14.6. The molecule has 6 heteroatoms. The van der Waals surface area contributed by atoms with Gasteiger partial charge in [0.15, 0.2) is 17.3 Å². The summed E-state index contributed by atoms with van der Waals surface area (Å²) in [5, 5.41) is 1.94. The van der Waals surface area contributed by atoms with E-state index in [2.05, 4.69) is 13.1 Å². The molecule has 2 atom stereocenters. The molecule has 3 heterocycles. The maximum absolute atomic E-state index is 12.7. The number of fused-ring (bicyclic) bond motifs is 2. The van der Waals surface area contributed by atoms with Crippen LogP contribution in [0.1, 0.15) is 33.3 Å². The van der Waals surface area contributed by atoms with E-state index in [1.807, 2.05) is 17.5 Å². The highest BCUT2D eigenvalue weighted by atomic mass is 32.1. The largest absolute Gasteiger partial charge is 0.492 e. The number of thiophene rings is 1. The summed E-state index contributed by atoms with van der Waals surface area (Å²) < 4.78 is 16.8. The minimum absolute atomic E-state index is 0.0628. The van der Waals surface area contributed by atoms with E-state index in [-0.39, 0.29) is 18.6 Å². The third-order valence-corrected chi connectivity index (χ3v) is 5.78. The first kappa shape index (κ1) is 15.5. The second-order valence-corrected chi connectivity index (χ2v) is 7.17. The maximum atomic E-state index is 12.7. The molecule has 0 bridgehead atoms. The van der Waals surface area contributed by atoms with Crippen LogP contribution in [0, 0.1) is 0 Å². The lowest BCUT2D eigenvalue weighted by Gasteiger charge is -2.32. The summed E-state index contributed by atoms with van der Waals surface area (Å²) in [6, 6.07) is 5.92. The molecule has 0 spiro atoms. The fraction of sp³-hybridized carbons (Fsp3) is 0.389. The smallest absolute Gasteiger partial charge is 0.231 e. The van der Waals surface area contributed by atoms with Gasteiger partial charge in [-0.25, -0.2) is 0 Å². The van der Waals surface area contributed by atoms with Gasteiger partial charge >= 0.3 is 0 Å². The Morgan fingerprint density at radius 1 is 1.46 bits per heavy atom. The molecule has 0 fully saturated rings. The van der Waals surface area contributed by atoms with Gasteiger partial charge in [0.2, 0.25) is 12.5 Å². The van der Waals surface area contributed by atoms with Crippen molar-refractivity contribution in [3.05, 3.63) is 39.6 Å². The third kappa shape index (κ3) is 2.46. The molecular formula is C18H20NO4S+. The number of Topliss-reactive ketones (excluding diaryl/α,β-unsaturated/α-hetero) is 1. The van der Waals surface area contributed by atoms with Gasteiger partial charge in [0.1, 0.15) is 6.04 Å². The van der Waals surface area contributed by atoms with E-state index < -0.39 is 0 Å². The van der Waals surface area contributed by atoms with E-state index in [1.165, 1.54) is 21.8 Å². The van der Waals surface area contributed by atoms with Gasteiger partial charge in [-0.05, 0) is 23.1 Å². The highest BCUT2D eigenvalue weighted by Crippen LogP contribution is 2.47. The van der Waals surface area contributed by atoms with Crippen molar-refractivity contribution in [1.82, 2.24) is 0 Å². The van der Waals surface area contributed by atoms with Crippen molar-refractivity contribution < 1.29 is 23.9 Å². The van der Waals surface area contributed by atoms with E-state index in [1.54, 1.807) is 7.11 Å². The van der Waals surface area contributed by atoms with Gasteiger partial charge in [-0.3, -0.25) is 4.79 Å². The van der Waals surface area contributed by atoms with Crippen LogP contribution >= 0.6 is 11.3 Å². The van der Waals surface area contributed by atoms with Crippen LogP contribution in [0.2, 0.25) is 0 Å². The van der Waals surface area contributed by atoms with Crippen LogP contribution < -0.4 is 19.1 Å². The molecule has 4 rings (SSSR count). The number of methoxy groups -OCH3 is 1. The summed E-state index contributed by atoms with van der Waals surface area (Å²) in [4.78, 5) is 14.8. The van der Waals surface area contributed by atoms with Crippen LogP contribution in [0.5, 0.6) is 17.2 Å². The van der Waals surface area contributed by atoms with Crippen molar-refractivity contribution in [2.24, 2.45) is 0 Å².